The molecule has 1 aromatic carbocycles. The highest BCUT2D eigenvalue weighted by Gasteiger charge is 2.32. The second-order valence-corrected chi connectivity index (χ2v) is 7.50. The van der Waals surface area contributed by atoms with Crippen molar-refractivity contribution in [3.8, 4) is 11.8 Å². The third-order valence-corrected chi connectivity index (χ3v) is 5.39. The van der Waals surface area contributed by atoms with Crippen molar-refractivity contribution in [2.75, 3.05) is 12.9 Å². The molecule has 1 heterocycles. The number of nitriles is 1. The van der Waals surface area contributed by atoms with Crippen LogP contribution in [-0.4, -0.2) is 39.7 Å². The summed E-state index contributed by atoms with van der Waals surface area (Å²) in [5.41, 5.74) is 2.18. The molecule has 0 saturated heterocycles. The van der Waals surface area contributed by atoms with Gasteiger partial charge in [0.25, 0.3) is 0 Å². The highest BCUT2D eigenvalue weighted by molar-refractivity contribution is 8.00. The number of benzene rings is 1. The van der Waals surface area contributed by atoms with Gasteiger partial charge in [-0.1, -0.05) is 23.9 Å². The Hall–Kier alpha value is -2.59. The largest absolute Gasteiger partial charge is 0.497 e. The van der Waals surface area contributed by atoms with Gasteiger partial charge >= 0.3 is 0 Å². The van der Waals surface area contributed by atoms with Gasteiger partial charge in [-0.05, 0) is 44.4 Å². The highest BCUT2D eigenvalue weighted by atomic mass is 32.2. The number of aromatic nitrogens is 2. The lowest BCUT2D eigenvalue weighted by molar-refractivity contribution is -0.129. The lowest BCUT2D eigenvalue weighted by Gasteiger charge is -2.22. The third kappa shape index (κ3) is 4.77. The van der Waals surface area contributed by atoms with Crippen LogP contribution < -0.4 is 4.74 Å². The molecule has 0 bridgehead atoms. The summed E-state index contributed by atoms with van der Waals surface area (Å²) in [4.78, 5) is 23.3. The first-order chi connectivity index (χ1) is 13.0. The normalized spacial score (nSPS) is 13.1. The first kappa shape index (κ1) is 19.2. The lowest BCUT2D eigenvalue weighted by Crippen LogP contribution is -2.34. The molecule has 0 radical (unpaired) electrons. The first-order valence-electron chi connectivity index (χ1n) is 8.82. The molecule has 1 aromatic heterocycles. The Kier molecular flexibility index (Phi) is 5.97. The number of aryl methyl sites for hydroxylation is 2. The number of methoxy groups -OCH3 is 1. The van der Waals surface area contributed by atoms with Gasteiger partial charge in [-0.15, -0.1) is 0 Å². The van der Waals surface area contributed by atoms with Crippen LogP contribution in [0.3, 0.4) is 0 Å². The predicted molar refractivity (Wildman–Crippen MR) is 104 cm³/mol. The van der Waals surface area contributed by atoms with E-state index in [0.29, 0.717) is 34.7 Å². The van der Waals surface area contributed by atoms with E-state index in [1.54, 1.807) is 21.0 Å². The molecule has 1 fully saturated rings. The monoisotopic (exact) mass is 382 g/mol. The van der Waals surface area contributed by atoms with E-state index >= 15 is 0 Å². The molecule has 140 valence electrons. The molecule has 27 heavy (non-hydrogen) atoms. The van der Waals surface area contributed by atoms with E-state index in [4.69, 9.17) is 4.74 Å². The Labute approximate surface area is 163 Å². The Morgan fingerprint density at radius 1 is 1.30 bits per heavy atom. The van der Waals surface area contributed by atoms with E-state index in [9.17, 15) is 10.1 Å². The minimum atomic E-state index is 0.0659. The molecule has 7 heteroatoms. The van der Waals surface area contributed by atoms with Crippen LogP contribution in [-0.2, 0) is 11.3 Å². The van der Waals surface area contributed by atoms with Crippen molar-refractivity contribution in [3.05, 3.63) is 46.9 Å². The Morgan fingerprint density at radius 3 is 2.59 bits per heavy atom. The van der Waals surface area contributed by atoms with Crippen molar-refractivity contribution in [2.45, 2.75) is 44.3 Å². The van der Waals surface area contributed by atoms with Crippen molar-refractivity contribution in [1.29, 1.82) is 5.26 Å². The fourth-order valence-corrected chi connectivity index (χ4v) is 3.82. The lowest BCUT2D eigenvalue weighted by atomic mass is 10.2. The average molecular weight is 382 g/mol. The third-order valence-electron chi connectivity index (χ3n) is 4.43. The summed E-state index contributed by atoms with van der Waals surface area (Å²) in [6, 6.07) is 10.2. The fourth-order valence-electron chi connectivity index (χ4n) is 2.86. The summed E-state index contributed by atoms with van der Waals surface area (Å²) in [7, 11) is 1.64. The summed E-state index contributed by atoms with van der Waals surface area (Å²) in [6.45, 7) is 4.17. The van der Waals surface area contributed by atoms with Crippen LogP contribution in [0.25, 0.3) is 0 Å². The zero-order valence-corrected chi connectivity index (χ0v) is 16.5. The van der Waals surface area contributed by atoms with Crippen LogP contribution in [0.2, 0.25) is 0 Å². The number of carbonyl (C=O) groups excluding carboxylic acids is 1. The minimum absolute atomic E-state index is 0.0659. The quantitative estimate of drug-likeness (QED) is 0.540. The molecule has 3 rings (SSSR count). The van der Waals surface area contributed by atoms with Crippen molar-refractivity contribution in [3.63, 3.8) is 0 Å². The van der Waals surface area contributed by atoms with Crippen LogP contribution in [0.4, 0.5) is 0 Å². The molecule has 1 aliphatic rings. The second kappa shape index (κ2) is 8.40. The number of amides is 1. The Morgan fingerprint density at radius 2 is 2.00 bits per heavy atom. The summed E-state index contributed by atoms with van der Waals surface area (Å²) < 4.78 is 5.19. The standard InChI is InChI=1S/C20H22N4O2S/c1-13-18(10-21)20(23-14(2)22-13)27-12-19(25)24(16-6-7-16)11-15-4-8-17(26-3)9-5-15/h4-5,8-9,16H,6-7,11-12H2,1-3H3. The second-order valence-electron chi connectivity index (χ2n) is 6.54. The molecular weight excluding hydrogens is 360 g/mol. The van der Waals surface area contributed by atoms with Gasteiger partial charge in [-0.2, -0.15) is 5.26 Å². The number of carbonyl (C=O) groups is 1. The van der Waals surface area contributed by atoms with E-state index in [1.807, 2.05) is 29.2 Å². The summed E-state index contributed by atoms with van der Waals surface area (Å²) in [5, 5.41) is 9.93. The molecule has 0 unspecified atom stereocenters. The molecule has 1 saturated carbocycles. The van der Waals surface area contributed by atoms with Crippen LogP contribution in [0.15, 0.2) is 29.3 Å². The van der Waals surface area contributed by atoms with Gasteiger partial charge in [0.2, 0.25) is 5.91 Å². The maximum Gasteiger partial charge on any atom is 0.233 e. The summed E-state index contributed by atoms with van der Waals surface area (Å²) >= 11 is 1.31. The van der Waals surface area contributed by atoms with Gasteiger partial charge in [0, 0.05) is 12.6 Å². The Balaban J connectivity index is 1.68. The maximum absolute atomic E-state index is 12.8. The van der Waals surface area contributed by atoms with E-state index < -0.39 is 0 Å². The number of hydrogen-bond donors (Lipinski definition) is 0. The van der Waals surface area contributed by atoms with Crippen LogP contribution in [0, 0.1) is 25.2 Å². The minimum Gasteiger partial charge on any atom is -0.497 e. The van der Waals surface area contributed by atoms with Gasteiger partial charge in [0.1, 0.15) is 28.2 Å². The molecule has 6 nitrogen and oxygen atoms in total. The van der Waals surface area contributed by atoms with E-state index in [2.05, 4.69) is 16.0 Å². The van der Waals surface area contributed by atoms with Crippen LogP contribution in [0.1, 0.15) is 35.5 Å². The zero-order chi connectivity index (χ0) is 19.4. The van der Waals surface area contributed by atoms with Crippen LogP contribution in [0.5, 0.6) is 5.75 Å². The Bertz CT molecular complexity index is 873. The van der Waals surface area contributed by atoms with Gasteiger partial charge in [-0.25, -0.2) is 9.97 Å². The molecule has 0 N–H and O–H groups in total. The molecule has 1 aliphatic carbocycles. The van der Waals surface area contributed by atoms with Gasteiger partial charge < -0.3 is 9.64 Å². The van der Waals surface area contributed by atoms with Crippen molar-refractivity contribution < 1.29 is 9.53 Å². The van der Waals surface area contributed by atoms with Crippen molar-refractivity contribution in [2.24, 2.45) is 0 Å². The SMILES string of the molecule is COc1ccc(CN(C(=O)CSc2nc(C)nc(C)c2C#N)C2CC2)cc1. The van der Waals surface area contributed by atoms with E-state index in [1.165, 1.54) is 11.8 Å². The number of rotatable bonds is 7. The van der Waals surface area contributed by atoms with Gasteiger partial charge in [0.15, 0.2) is 0 Å². The zero-order valence-electron chi connectivity index (χ0n) is 15.7. The summed E-state index contributed by atoms with van der Waals surface area (Å²) in [5.74, 6) is 1.74. The topological polar surface area (TPSA) is 79.1 Å². The smallest absolute Gasteiger partial charge is 0.233 e. The predicted octanol–water partition coefficient (Wildman–Crippen LogP) is 3.26. The van der Waals surface area contributed by atoms with E-state index in [-0.39, 0.29) is 11.7 Å². The van der Waals surface area contributed by atoms with E-state index in [0.717, 1.165) is 24.2 Å². The maximum atomic E-state index is 12.8. The van der Waals surface area contributed by atoms with Crippen molar-refractivity contribution >= 4 is 17.7 Å². The molecule has 0 spiro atoms. The molecule has 0 aliphatic heterocycles. The number of thioether (sulfide) groups is 1. The molecule has 2 aromatic rings. The molecular formula is C20H22N4O2S. The van der Waals surface area contributed by atoms with Gasteiger partial charge in [-0.3, -0.25) is 4.79 Å². The van der Waals surface area contributed by atoms with Gasteiger partial charge in [0.05, 0.1) is 18.6 Å². The number of hydrogen-bond acceptors (Lipinski definition) is 6. The first-order valence-corrected chi connectivity index (χ1v) is 9.81. The fraction of sp³-hybridized carbons (Fsp3) is 0.400. The molecule has 0 atom stereocenters. The molecule has 1 amide bonds. The van der Waals surface area contributed by atoms with Crippen LogP contribution >= 0.6 is 11.8 Å². The highest BCUT2D eigenvalue weighted by Crippen LogP contribution is 2.30. The average Bonchev–Trinajstić information content (AvgIpc) is 3.49. The summed E-state index contributed by atoms with van der Waals surface area (Å²) in [6.07, 6.45) is 2.09. The van der Waals surface area contributed by atoms with Crippen molar-refractivity contribution in [1.82, 2.24) is 14.9 Å². The number of nitrogens with zero attached hydrogens (tertiary/aromatic N) is 4. The number of ether oxygens (including phenoxy) is 1.